The van der Waals surface area contributed by atoms with Crippen LogP contribution in [0, 0.1) is 0 Å². The molecule has 0 saturated carbocycles. The highest BCUT2D eigenvalue weighted by Gasteiger charge is 2.24. The molecule has 0 aromatic heterocycles. The van der Waals surface area contributed by atoms with Gasteiger partial charge in [0.1, 0.15) is 0 Å². The van der Waals surface area contributed by atoms with Gasteiger partial charge < -0.3 is 5.32 Å². The molecule has 0 unspecified atom stereocenters. The molecule has 20 heavy (non-hydrogen) atoms. The number of nitrogens with zero attached hydrogens (tertiary/aromatic N) is 1. The smallest absolute Gasteiger partial charge is 0.181 e. The molecule has 0 aliphatic carbocycles. The molecule has 0 amide bonds. The van der Waals surface area contributed by atoms with Crippen LogP contribution in [0.5, 0.6) is 0 Å². The van der Waals surface area contributed by atoms with Crippen LogP contribution in [-0.4, -0.2) is 28.7 Å². The number of hydrazine groups is 1. The van der Waals surface area contributed by atoms with Gasteiger partial charge in [-0.2, -0.15) is 0 Å². The average Bonchev–Trinajstić information content (AvgIpc) is 2.42. The lowest BCUT2D eigenvalue weighted by atomic mass is 10.00. The Morgan fingerprint density at radius 3 is 2.30 bits per heavy atom. The molecule has 1 rings (SSSR count). The SMILES string of the molecule is CCCCCCCCNC(=S)NN1[C@@H](C)CCC[C@@H]1C. The van der Waals surface area contributed by atoms with Gasteiger partial charge in [0.05, 0.1) is 0 Å². The van der Waals surface area contributed by atoms with Crippen molar-refractivity contribution in [2.75, 3.05) is 6.54 Å². The average molecular weight is 300 g/mol. The normalized spacial score (nSPS) is 23.6. The topological polar surface area (TPSA) is 27.3 Å². The quantitative estimate of drug-likeness (QED) is 0.523. The first-order chi connectivity index (χ1) is 9.65. The van der Waals surface area contributed by atoms with Gasteiger partial charge in [-0.1, -0.05) is 45.4 Å². The van der Waals surface area contributed by atoms with E-state index in [9.17, 15) is 0 Å². The molecule has 4 heteroatoms. The lowest BCUT2D eigenvalue weighted by molar-refractivity contribution is 0.0736. The van der Waals surface area contributed by atoms with Crippen LogP contribution in [0.15, 0.2) is 0 Å². The number of hydrogen-bond donors (Lipinski definition) is 2. The van der Waals surface area contributed by atoms with Gasteiger partial charge in [-0.15, -0.1) is 0 Å². The molecule has 1 fully saturated rings. The summed E-state index contributed by atoms with van der Waals surface area (Å²) in [5.74, 6) is 0. The zero-order chi connectivity index (χ0) is 14.8. The fraction of sp³-hybridized carbons (Fsp3) is 0.938. The molecule has 1 aliphatic heterocycles. The van der Waals surface area contributed by atoms with Crippen molar-refractivity contribution < 1.29 is 0 Å². The second kappa shape index (κ2) is 10.4. The standard InChI is InChI=1S/C16H33N3S/c1-4-5-6-7-8-9-13-17-16(20)18-19-14(2)11-10-12-15(19)3/h14-15H,4-13H2,1-3H3,(H2,17,18,20)/t14-,15-/m0/s1. The molecule has 0 spiro atoms. The first kappa shape index (κ1) is 17.7. The predicted octanol–water partition coefficient (Wildman–Crippen LogP) is 3.99. The summed E-state index contributed by atoms with van der Waals surface area (Å²) in [6.07, 6.45) is 11.8. The molecule has 0 bridgehead atoms. The van der Waals surface area contributed by atoms with E-state index in [2.05, 4.69) is 36.5 Å². The van der Waals surface area contributed by atoms with E-state index in [1.165, 1.54) is 57.8 Å². The third-order valence-electron chi connectivity index (χ3n) is 4.24. The number of rotatable bonds is 8. The fourth-order valence-corrected chi connectivity index (χ4v) is 3.11. The van der Waals surface area contributed by atoms with E-state index >= 15 is 0 Å². The number of hydrogen-bond acceptors (Lipinski definition) is 2. The maximum absolute atomic E-state index is 5.40. The Kier molecular flexibility index (Phi) is 9.19. The first-order valence-corrected chi connectivity index (χ1v) is 8.88. The van der Waals surface area contributed by atoms with Crippen molar-refractivity contribution >= 4 is 17.3 Å². The molecule has 1 heterocycles. The predicted molar refractivity (Wildman–Crippen MR) is 91.7 cm³/mol. The molecule has 3 nitrogen and oxygen atoms in total. The monoisotopic (exact) mass is 299 g/mol. The van der Waals surface area contributed by atoms with Crippen LogP contribution >= 0.6 is 12.2 Å². The van der Waals surface area contributed by atoms with Crippen LogP contribution in [0.25, 0.3) is 0 Å². The van der Waals surface area contributed by atoms with E-state index in [1.54, 1.807) is 0 Å². The molecule has 1 saturated heterocycles. The van der Waals surface area contributed by atoms with Crippen molar-refractivity contribution in [3.05, 3.63) is 0 Å². The summed E-state index contributed by atoms with van der Waals surface area (Å²) < 4.78 is 0. The highest BCUT2D eigenvalue weighted by Crippen LogP contribution is 2.19. The van der Waals surface area contributed by atoms with Crippen molar-refractivity contribution in [2.45, 2.75) is 90.6 Å². The van der Waals surface area contributed by atoms with Crippen molar-refractivity contribution in [3.63, 3.8) is 0 Å². The van der Waals surface area contributed by atoms with Gasteiger partial charge in [-0.3, -0.25) is 5.43 Å². The van der Waals surface area contributed by atoms with E-state index in [0.29, 0.717) is 12.1 Å². The number of thiocarbonyl (C=S) groups is 1. The van der Waals surface area contributed by atoms with Crippen LogP contribution in [0.1, 0.15) is 78.6 Å². The fourth-order valence-electron chi connectivity index (χ4n) is 2.91. The van der Waals surface area contributed by atoms with Crippen molar-refractivity contribution in [1.29, 1.82) is 0 Å². The third kappa shape index (κ3) is 6.89. The maximum atomic E-state index is 5.40. The summed E-state index contributed by atoms with van der Waals surface area (Å²) in [6.45, 7) is 7.81. The summed E-state index contributed by atoms with van der Waals surface area (Å²) >= 11 is 5.40. The number of piperidine rings is 1. The van der Waals surface area contributed by atoms with E-state index in [4.69, 9.17) is 12.2 Å². The summed E-state index contributed by atoms with van der Waals surface area (Å²) in [4.78, 5) is 0. The van der Waals surface area contributed by atoms with Crippen LogP contribution in [0.3, 0.4) is 0 Å². The maximum Gasteiger partial charge on any atom is 0.181 e. The van der Waals surface area contributed by atoms with Crippen molar-refractivity contribution in [3.8, 4) is 0 Å². The van der Waals surface area contributed by atoms with E-state index in [0.717, 1.165) is 11.7 Å². The van der Waals surface area contributed by atoms with Crippen LogP contribution in [0.2, 0.25) is 0 Å². The molecule has 2 N–H and O–H groups in total. The Balaban J connectivity index is 2.07. The van der Waals surface area contributed by atoms with Gasteiger partial charge in [0.15, 0.2) is 5.11 Å². The zero-order valence-electron chi connectivity index (χ0n) is 13.6. The second-order valence-electron chi connectivity index (χ2n) is 6.17. The minimum atomic E-state index is 0.576. The highest BCUT2D eigenvalue weighted by molar-refractivity contribution is 7.80. The Morgan fingerprint density at radius 1 is 1.05 bits per heavy atom. The lowest BCUT2D eigenvalue weighted by Gasteiger charge is -2.39. The van der Waals surface area contributed by atoms with Crippen molar-refractivity contribution in [2.24, 2.45) is 0 Å². The molecular weight excluding hydrogens is 266 g/mol. The summed E-state index contributed by atoms with van der Waals surface area (Å²) in [5, 5.41) is 6.45. The van der Waals surface area contributed by atoms with Gasteiger partial charge in [0.2, 0.25) is 0 Å². The number of unbranched alkanes of at least 4 members (excludes halogenated alkanes) is 5. The highest BCUT2D eigenvalue weighted by atomic mass is 32.1. The largest absolute Gasteiger partial charge is 0.362 e. The first-order valence-electron chi connectivity index (χ1n) is 8.48. The van der Waals surface area contributed by atoms with Gasteiger partial charge in [-0.05, 0) is 45.3 Å². The Labute approximate surface area is 130 Å². The van der Waals surface area contributed by atoms with Gasteiger partial charge in [0, 0.05) is 18.6 Å². The zero-order valence-corrected chi connectivity index (χ0v) is 14.4. The van der Waals surface area contributed by atoms with Crippen LogP contribution < -0.4 is 10.7 Å². The molecule has 0 radical (unpaired) electrons. The van der Waals surface area contributed by atoms with Gasteiger partial charge in [-0.25, -0.2) is 5.01 Å². The molecule has 118 valence electrons. The van der Waals surface area contributed by atoms with E-state index < -0.39 is 0 Å². The summed E-state index contributed by atoms with van der Waals surface area (Å²) in [5.41, 5.74) is 3.38. The minimum absolute atomic E-state index is 0.576. The molecular formula is C16H33N3S. The molecule has 0 aromatic carbocycles. The Morgan fingerprint density at radius 2 is 1.65 bits per heavy atom. The Hall–Kier alpha value is -0.350. The van der Waals surface area contributed by atoms with Gasteiger partial charge in [0.25, 0.3) is 0 Å². The second-order valence-corrected chi connectivity index (χ2v) is 6.58. The lowest BCUT2D eigenvalue weighted by Crippen LogP contribution is -2.56. The van der Waals surface area contributed by atoms with Crippen LogP contribution in [0.4, 0.5) is 0 Å². The van der Waals surface area contributed by atoms with Crippen molar-refractivity contribution in [1.82, 2.24) is 15.8 Å². The number of nitrogens with one attached hydrogen (secondary N) is 2. The van der Waals surface area contributed by atoms with Gasteiger partial charge >= 0.3 is 0 Å². The van der Waals surface area contributed by atoms with E-state index in [-0.39, 0.29) is 0 Å². The molecule has 2 atom stereocenters. The molecule has 0 aromatic rings. The summed E-state index contributed by atoms with van der Waals surface area (Å²) in [6, 6.07) is 1.15. The summed E-state index contributed by atoms with van der Waals surface area (Å²) in [7, 11) is 0. The van der Waals surface area contributed by atoms with E-state index in [1.807, 2.05) is 0 Å². The Bertz CT molecular complexity index is 260. The molecule has 1 aliphatic rings. The van der Waals surface area contributed by atoms with Crippen LogP contribution in [-0.2, 0) is 0 Å². The minimum Gasteiger partial charge on any atom is -0.362 e. The third-order valence-corrected chi connectivity index (χ3v) is 4.48.